The molecule has 0 unspecified atom stereocenters. The molecule has 8 heteroatoms. The zero-order chi connectivity index (χ0) is 22.0. The lowest BCUT2D eigenvalue weighted by Gasteiger charge is -2.14. The largest absolute Gasteiger partial charge is 0.488 e. The number of halogens is 3. The Labute approximate surface area is 202 Å². The molecule has 0 radical (unpaired) electrons. The van der Waals surface area contributed by atoms with Crippen LogP contribution in [0.15, 0.2) is 76.1 Å². The summed E-state index contributed by atoms with van der Waals surface area (Å²) in [5, 5.41) is 0.676. The number of thiocarbonyl (C=S) groups is 1. The van der Waals surface area contributed by atoms with Crippen molar-refractivity contribution in [1.82, 2.24) is 0 Å². The lowest BCUT2D eigenvalue weighted by molar-refractivity contribution is -0.113. The first kappa shape index (κ1) is 22.0. The molecule has 0 bridgehead atoms. The second-order valence-corrected chi connectivity index (χ2v) is 9.54. The highest BCUT2D eigenvalue weighted by Crippen LogP contribution is 2.37. The molecule has 3 aromatic carbocycles. The molecule has 4 rings (SSSR count). The van der Waals surface area contributed by atoms with Gasteiger partial charge in [0.05, 0.1) is 15.1 Å². The van der Waals surface area contributed by atoms with Crippen molar-refractivity contribution in [2.45, 2.75) is 6.61 Å². The standard InChI is InChI=1S/C23H14BrClFNO2S2/c24-17-11-15(7-10-20(17)29-13-14-5-8-16(25)9-6-14)12-21-22(28)27(23(30)31-21)19-4-2-1-3-18(19)26/h1-12H,13H2/b21-12-. The van der Waals surface area contributed by atoms with E-state index < -0.39 is 5.82 Å². The third kappa shape index (κ3) is 5.01. The van der Waals surface area contributed by atoms with Crippen molar-refractivity contribution < 1.29 is 13.9 Å². The van der Waals surface area contributed by atoms with E-state index in [4.69, 9.17) is 28.6 Å². The van der Waals surface area contributed by atoms with Crippen LogP contribution in [-0.4, -0.2) is 10.2 Å². The Bertz CT molecular complexity index is 1200. The number of thioether (sulfide) groups is 1. The average Bonchev–Trinajstić information content (AvgIpc) is 3.02. The van der Waals surface area contributed by atoms with Gasteiger partial charge in [-0.15, -0.1) is 0 Å². The molecule has 1 aliphatic heterocycles. The Hall–Kier alpha value is -2.19. The highest BCUT2D eigenvalue weighted by Gasteiger charge is 2.34. The molecule has 1 fully saturated rings. The Morgan fingerprint density at radius 3 is 2.58 bits per heavy atom. The Balaban J connectivity index is 1.50. The van der Waals surface area contributed by atoms with Gasteiger partial charge >= 0.3 is 0 Å². The van der Waals surface area contributed by atoms with Crippen molar-refractivity contribution in [3.05, 3.63) is 98.1 Å². The molecule has 1 saturated heterocycles. The molecule has 0 atom stereocenters. The van der Waals surface area contributed by atoms with E-state index in [1.165, 1.54) is 17.0 Å². The third-order valence-corrected chi connectivity index (χ3v) is 6.62. The van der Waals surface area contributed by atoms with Crippen molar-refractivity contribution in [1.29, 1.82) is 0 Å². The van der Waals surface area contributed by atoms with Gasteiger partial charge in [-0.3, -0.25) is 9.69 Å². The lowest BCUT2D eigenvalue weighted by atomic mass is 10.2. The summed E-state index contributed by atoms with van der Waals surface area (Å²) in [7, 11) is 0. The van der Waals surface area contributed by atoms with Crippen molar-refractivity contribution in [3.8, 4) is 5.75 Å². The minimum Gasteiger partial charge on any atom is -0.488 e. The first-order chi connectivity index (χ1) is 14.9. The number of hydrogen-bond acceptors (Lipinski definition) is 4. The van der Waals surface area contributed by atoms with Gasteiger partial charge < -0.3 is 4.74 Å². The molecule has 0 N–H and O–H groups in total. The monoisotopic (exact) mass is 533 g/mol. The van der Waals surface area contributed by atoms with E-state index in [0.29, 0.717) is 26.6 Å². The summed E-state index contributed by atoms with van der Waals surface area (Å²) in [6, 6.07) is 19.0. The van der Waals surface area contributed by atoms with Gasteiger partial charge in [-0.1, -0.05) is 65.9 Å². The molecule has 3 aromatic rings. The zero-order valence-electron chi connectivity index (χ0n) is 15.8. The van der Waals surface area contributed by atoms with Gasteiger partial charge in [0.15, 0.2) is 4.32 Å². The molecular weight excluding hydrogens is 521 g/mol. The summed E-state index contributed by atoms with van der Waals surface area (Å²) in [5.41, 5.74) is 1.94. The summed E-state index contributed by atoms with van der Waals surface area (Å²) in [5.74, 6) is -0.171. The van der Waals surface area contributed by atoms with E-state index >= 15 is 0 Å². The summed E-state index contributed by atoms with van der Waals surface area (Å²) >= 11 is 15.9. The number of para-hydroxylation sites is 1. The Morgan fingerprint density at radius 1 is 1.13 bits per heavy atom. The Kier molecular flexibility index (Phi) is 6.77. The summed E-state index contributed by atoms with van der Waals surface area (Å²) in [4.78, 5) is 14.5. The molecular formula is C23H14BrClFNO2S2. The van der Waals surface area contributed by atoms with E-state index in [0.717, 1.165) is 27.4 Å². The fourth-order valence-corrected chi connectivity index (χ4v) is 4.85. The van der Waals surface area contributed by atoms with E-state index in [2.05, 4.69) is 15.9 Å². The fraction of sp³-hybridized carbons (Fsp3) is 0.0435. The van der Waals surface area contributed by atoms with Gasteiger partial charge in [-0.25, -0.2) is 4.39 Å². The molecule has 0 aliphatic carbocycles. The van der Waals surface area contributed by atoms with Crippen LogP contribution in [0, 0.1) is 5.82 Å². The first-order valence-corrected chi connectivity index (χ1v) is 11.5. The number of benzene rings is 3. The molecule has 3 nitrogen and oxygen atoms in total. The summed E-state index contributed by atoms with van der Waals surface area (Å²) < 4.78 is 21.1. The number of anilines is 1. The van der Waals surface area contributed by atoms with E-state index in [-0.39, 0.29) is 11.6 Å². The number of rotatable bonds is 5. The van der Waals surface area contributed by atoms with Crippen molar-refractivity contribution in [2.75, 3.05) is 4.90 Å². The van der Waals surface area contributed by atoms with Gasteiger partial charge in [0.1, 0.15) is 18.2 Å². The summed E-state index contributed by atoms with van der Waals surface area (Å²) in [6.45, 7) is 0.399. The summed E-state index contributed by atoms with van der Waals surface area (Å²) in [6.07, 6.45) is 1.73. The van der Waals surface area contributed by atoms with Gasteiger partial charge in [-0.2, -0.15) is 0 Å². The van der Waals surface area contributed by atoms with Gasteiger partial charge in [0.25, 0.3) is 5.91 Å². The van der Waals surface area contributed by atoms with Crippen molar-refractivity contribution >= 4 is 73.5 Å². The van der Waals surface area contributed by atoms with Crippen LogP contribution < -0.4 is 9.64 Å². The third-order valence-electron chi connectivity index (χ3n) is 4.45. The highest BCUT2D eigenvalue weighted by atomic mass is 79.9. The number of carbonyl (C=O) groups is 1. The van der Waals surface area contributed by atoms with Gasteiger partial charge in [0, 0.05) is 5.02 Å². The minimum absolute atomic E-state index is 0.153. The predicted molar refractivity (Wildman–Crippen MR) is 132 cm³/mol. The number of amides is 1. The maximum Gasteiger partial charge on any atom is 0.270 e. The second kappa shape index (κ2) is 9.53. The maximum atomic E-state index is 14.1. The van der Waals surface area contributed by atoms with Crippen LogP contribution >= 0.6 is 51.5 Å². The quantitative estimate of drug-likeness (QED) is 0.255. The zero-order valence-corrected chi connectivity index (χ0v) is 19.8. The van der Waals surface area contributed by atoms with Crippen LogP contribution in [0.25, 0.3) is 6.08 Å². The highest BCUT2D eigenvalue weighted by molar-refractivity contribution is 9.10. The maximum absolute atomic E-state index is 14.1. The molecule has 31 heavy (non-hydrogen) atoms. The molecule has 0 aromatic heterocycles. The van der Waals surface area contributed by atoms with E-state index in [1.807, 2.05) is 42.5 Å². The van der Waals surface area contributed by atoms with E-state index in [1.54, 1.807) is 18.2 Å². The molecule has 1 amide bonds. The van der Waals surface area contributed by atoms with Crippen LogP contribution in [0.4, 0.5) is 10.1 Å². The molecule has 1 heterocycles. The normalized spacial score (nSPS) is 15.1. The van der Waals surface area contributed by atoms with Crippen LogP contribution in [-0.2, 0) is 11.4 Å². The van der Waals surface area contributed by atoms with Crippen molar-refractivity contribution in [3.63, 3.8) is 0 Å². The molecule has 156 valence electrons. The lowest BCUT2D eigenvalue weighted by Crippen LogP contribution is -2.28. The molecule has 0 saturated carbocycles. The predicted octanol–water partition coefficient (Wildman–Crippen LogP) is 7.23. The van der Waals surface area contributed by atoms with Crippen LogP contribution in [0.3, 0.4) is 0 Å². The van der Waals surface area contributed by atoms with Crippen LogP contribution in [0.1, 0.15) is 11.1 Å². The van der Waals surface area contributed by atoms with Crippen LogP contribution in [0.2, 0.25) is 5.02 Å². The SMILES string of the molecule is O=C1/C(=C/c2ccc(OCc3ccc(Cl)cc3)c(Br)c2)SC(=S)N1c1ccccc1F. The second-order valence-electron chi connectivity index (χ2n) is 6.57. The number of ether oxygens (including phenoxy) is 1. The number of nitrogens with zero attached hydrogens (tertiary/aromatic N) is 1. The van der Waals surface area contributed by atoms with E-state index in [9.17, 15) is 9.18 Å². The first-order valence-electron chi connectivity index (χ1n) is 9.11. The fourth-order valence-electron chi connectivity index (χ4n) is 2.93. The average molecular weight is 535 g/mol. The number of hydrogen-bond donors (Lipinski definition) is 0. The topological polar surface area (TPSA) is 29.5 Å². The Morgan fingerprint density at radius 2 is 1.87 bits per heavy atom. The van der Waals surface area contributed by atoms with Crippen molar-refractivity contribution in [2.24, 2.45) is 0 Å². The molecule has 1 aliphatic rings. The van der Waals surface area contributed by atoms with Crippen LogP contribution in [0.5, 0.6) is 5.75 Å². The number of carbonyl (C=O) groups excluding carboxylic acids is 1. The van der Waals surface area contributed by atoms with Gasteiger partial charge in [0.2, 0.25) is 0 Å². The minimum atomic E-state index is -0.495. The van der Waals surface area contributed by atoms with Gasteiger partial charge in [-0.05, 0) is 69.5 Å². The smallest absolute Gasteiger partial charge is 0.270 e. The molecule has 0 spiro atoms.